The van der Waals surface area contributed by atoms with E-state index in [-0.39, 0.29) is 11.9 Å². The molecule has 1 rings (SSSR count). The van der Waals surface area contributed by atoms with Crippen molar-refractivity contribution in [3.63, 3.8) is 0 Å². The summed E-state index contributed by atoms with van der Waals surface area (Å²) in [5, 5.41) is 5.91. The van der Waals surface area contributed by atoms with Crippen molar-refractivity contribution >= 4 is 29.0 Å². The number of aromatic nitrogens is 1. The SMILES string of the molecule is CSCC[C@@H](N)C(=O)NCCc1nc(C)cs1. The minimum Gasteiger partial charge on any atom is -0.354 e. The van der Waals surface area contributed by atoms with Gasteiger partial charge in [-0.2, -0.15) is 11.8 Å². The molecule has 0 bridgehead atoms. The number of thioether (sulfide) groups is 1. The first kappa shape index (κ1) is 14.5. The lowest BCUT2D eigenvalue weighted by molar-refractivity contribution is -0.122. The summed E-state index contributed by atoms with van der Waals surface area (Å²) in [7, 11) is 0. The van der Waals surface area contributed by atoms with Crippen LogP contribution in [0.3, 0.4) is 0 Å². The molecule has 17 heavy (non-hydrogen) atoms. The molecule has 0 aliphatic carbocycles. The summed E-state index contributed by atoms with van der Waals surface area (Å²) in [6.07, 6.45) is 3.51. The molecule has 1 amide bonds. The van der Waals surface area contributed by atoms with Gasteiger partial charge in [-0.25, -0.2) is 4.98 Å². The zero-order valence-electron chi connectivity index (χ0n) is 10.2. The third kappa shape index (κ3) is 5.52. The predicted molar refractivity (Wildman–Crippen MR) is 74.5 cm³/mol. The van der Waals surface area contributed by atoms with Gasteiger partial charge in [0, 0.05) is 24.0 Å². The molecular formula is C11H19N3OS2. The average Bonchev–Trinajstić information content (AvgIpc) is 2.71. The van der Waals surface area contributed by atoms with Gasteiger partial charge in [0.1, 0.15) is 0 Å². The van der Waals surface area contributed by atoms with Gasteiger partial charge in [-0.15, -0.1) is 11.3 Å². The second-order valence-corrected chi connectivity index (χ2v) is 5.74. The molecule has 1 atom stereocenters. The van der Waals surface area contributed by atoms with Crippen LogP contribution in [0, 0.1) is 6.92 Å². The van der Waals surface area contributed by atoms with E-state index in [0.29, 0.717) is 6.54 Å². The Morgan fingerprint density at radius 1 is 1.71 bits per heavy atom. The Morgan fingerprint density at radius 3 is 3.06 bits per heavy atom. The first-order valence-electron chi connectivity index (χ1n) is 5.56. The molecule has 3 N–H and O–H groups in total. The van der Waals surface area contributed by atoms with Crippen molar-refractivity contribution in [1.29, 1.82) is 0 Å². The van der Waals surface area contributed by atoms with Crippen LogP contribution in [0.1, 0.15) is 17.1 Å². The number of aryl methyl sites for hydroxylation is 1. The van der Waals surface area contributed by atoms with Crippen molar-refractivity contribution in [3.8, 4) is 0 Å². The Morgan fingerprint density at radius 2 is 2.47 bits per heavy atom. The first-order valence-corrected chi connectivity index (χ1v) is 7.84. The highest BCUT2D eigenvalue weighted by Crippen LogP contribution is 2.08. The third-order valence-electron chi connectivity index (χ3n) is 2.27. The second kappa shape index (κ2) is 7.68. The van der Waals surface area contributed by atoms with Crippen LogP contribution in [0.2, 0.25) is 0 Å². The lowest BCUT2D eigenvalue weighted by Crippen LogP contribution is -2.41. The molecule has 4 nitrogen and oxygen atoms in total. The van der Waals surface area contributed by atoms with E-state index < -0.39 is 0 Å². The number of hydrogen-bond donors (Lipinski definition) is 2. The van der Waals surface area contributed by atoms with Crippen molar-refractivity contribution in [2.75, 3.05) is 18.6 Å². The van der Waals surface area contributed by atoms with Crippen molar-refractivity contribution in [1.82, 2.24) is 10.3 Å². The van der Waals surface area contributed by atoms with Gasteiger partial charge in [0.2, 0.25) is 5.91 Å². The number of amides is 1. The highest BCUT2D eigenvalue weighted by molar-refractivity contribution is 7.98. The molecule has 0 radical (unpaired) electrons. The third-order valence-corrected chi connectivity index (χ3v) is 3.94. The van der Waals surface area contributed by atoms with E-state index in [1.54, 1.807) is 23.1 Å². The number of nitrogens with zero attached hydrogens (tertiary/aromatic N) is 1. The van der Waals surface area contributed by atoms with Gasteiger partial charge in [0.25, 0.3) is 0 Å². The Kier molecular flexibility index (Phi) is 6.54. The van der Waals surface area contributed by atoms with Crippen LogP contribution in [-0.4, -0.2) is 35.5 Å². The van der Waals surface area contributed by atoms with E-state index in [1.807, 2.05) is 18.6 Å². The summed E-state index contributed by atoms with van der Waals surface area (Å²) >= 11 is 3.33. The minimum atomic E-state index is -0.388. The van der Waals surface area contributed by atoms with Crippen LogP contribution in [0.15, 0.2) is 5.38 Å². The number of carbonyl (C=O) groups excluding carboxylic acids is 1. The monoisotopic (exact) mass is 273 g/mol. The van der Waals surface area contributed by atoms with Crippen LogP contribution >= 0.6 is 23.1 Å². The maximum Gasteiger partial charge on any atom is 0.236 e. The molecule has 0 aliphatic rings. The van der Waals surface area contributed by atoms with Crippen LogP contribution in [0.5, 0.6) is 0 Å². The van der Waals surface area contributed by atoms with Crippen molar-refractivity contribution < 1.29 is 4.79 Å². The number of nitrogens with two attached hydrogens (primary N) is 1. The number of rotatable bonds is 7. The summed E-state index contributed by atoms with van der Waals surface area (Å²) in [5.74, 6) is 0.854. The second-order valence-electron chi connectivity index (χ2n) is 3.81. The van der Waals surface area contributed by atoms with Gasteiger partial charge < -0.3 is 11.1 Å². The Labute approximate surface area is 110 Å². The van der Waals surface area contributed by atoms with Gasteiger partial charge in [-0.1, -0.05) is 0 Å². The lowest BCUT2D eigenvalue weighted by Gasteiger charge is -2.10. The molecular weight excluding hydrogens is 254 g/mol. The summed E-state index contributed by atoms with van der Waals surface area (Å²) in [6, 6.07) is -0.388. The average molecular weight is 273 g/mol. The highest BCUT2D eigenvalue weighted by Gasteiger charge is 2.12. The van der Waals surface area contributed by atoms with Crippen LogP contribution in [0.4, 0.5) is 0 Å². The highest BCUT2D eigenvalue weighted by atomic mass is 32.2. The van der Waals surface area contributed by atoms with E-state index in [2.05, 4.69) is 10.3 Å². The van der Waals surface area contributed by atoms with E-state index in [1.165, 1.54) is 0 Å². The van der Waals surface area contributed by atoms with Crippen molar-refractivity contribution in [2.24, 2.45) is 5.73 Å². The Bertz CT molecular complexity index is 354. The quantitative estimate of drug-likeness (QED) is 0.783. The van der Waals surface area contributed by atoms with Crippen molar-refractivity contribution in [3.05, 3.63) is 16.1 Å². The van der Waals surface area contributed by atoms with E-state index in [0.717, 1.165) is 29.3 Å². The summed E-state index contributed by atoms with van der Waals surface area (Å²) in [4.78, 5) is 15.9. The number of thiazole rings is 1. The largest absolute Gasteiger partial charge is 0.354 e. The minimum absolute atomic E-state index is 0.0627. The van der Waals surface area contributed by atoms with Gasteiger partial charge in [-0.05, 0) is 25.4 Å². The molecule has 0 spiro atoms. The molecule has 0 fully saturated rings. The van der Waals surface area contributed by atoms with E-state index >= 15 is 0 Å². The van der Waals surface area contributed by atoms with Crippen LogP contribution in [0.25, 0.3) is 0 Å². The smallest absolute Gasteiger partial charge is 0.236 e. The summed E-state index contributed by atoms with van der Waals surface area (Å²) in [6.45, 7) is 2.58. The van der Waals surface area contributed by atoms with E-state index in [9.17, 15) is 4.79 Å². The molecule has 96 valence electrons. The normalized spacial score (nSPS) is 12.4. The van der Waals surface area contributed by atoms with Crippen LogP contribution in [-0.2, 0) is 11.2 Å². The number of nitrogens with one attached hydrogen (secondary N) is 1. The standard InChI is InChI=1S/C11H19N3OS2/c1-8-7-17-10(14-8)3-5-13-11(15)9(12)4-6-16-2/h7,9H,3-6,12H2,1-2H3,(H,13,15)/t9-/m1/s1. The van der Waals surface area contributed by atoms with Crippen LogP contribution < -0.4 is 11.1 Å². The first-order chi connectivity index (χ1) is 8.13. The maximum absolute atomic E-state index is 11.6. The molecule has 1 aromatic rings. The number of hydrogen-bond acceptors (Lipinski definition) is 5. The molecule has 0 unspecified atom stereocenters. The molecule has 0 saturated heterocycles. The summed E-state index contributed by atoms with van der Waals surface area (Å²) in [5.41, 5.74) is 6.78. The topological polar surface area (TPSA) is 68.0 Å². The molecule has 0 aliphatic heterocycles. The van der Waals surface area contributed by atoms with Gasteiger partial charge in [-0.3, -0.25) is 4.79 Å². The zero-order valence-corrected chi connectivity index (χ0v) is 11.9. The van der Waals surface area contributed by atoms with Gasteiger partial charge in [0.15, 0.2) is 0 Å². The number of carbonyl (C=O) groups is 1. The van der Waals surface area contributed by atoms with E-state index in [4.69, 9.17) is 5.73 Å². The predicted octanol–water partition coefficient (Wildman–Crippen LogP) is 1.19. The fourth-order valence-corrected chi connectivity index (χ4v) is 2.58. The molecule has 0 aromatic carbocycles. The molecule has 6 heteroatoms. The lowest BCUT2D eigenvalue weighted by atomic mass is 10.2. The van der Waals surface area contributed by atoms with Gasteiger partial charge >= 0.3 is 0 Å². The fraction of sp³-hybridized carbons (Fsp3) is 0.636. The maximum atomic E-state index is 11.6. The molecule has 1 heterocycles. The summed E-state index contributed by atoms with van der Waals surface area (Å²) < 4.78 is 0. The molecule has 1 aromatic heterocycles. The Balaban J connectivity index is 2.19. The van der Waals surface area contributed by atoms with Gasteiger partial charge in [0.05, 0.1) is 11.0 Å². The Hall–Kier alpha value is -0.590. The zero-order chi connectivity index (χ0) is 12.7. The fourth-order valence-electron chi connectivity index (χ4n) is 1.32. The molecule has 0 saturated carbocycles. The van der Waals surface area contributed by atoms with Crippen molar-refractivity contribution in [2.45, 2.75) is 25.8 Å².